The molecule has 0 aliphatic carbocycles. The Hall–Kier alpha value is -1.83. The second kappa shape index (κ2) is 3.53. The van der Waals surface area contributed by atoms with Gasteiger partial charge in [-0.2, -0.15) is 10.4 Å². The minimum absolute atomic E-state index is 0.0812. The van der Waals surface area contributed by atoms with Crippen molar-refractivity contribution in [3.05, 3.63) is 18.0 Å². The third-order valence-electron chi connectivity index (χ3n) is 1.39. The second-order valence-electron chi connectivity index (χ2n) is 2.29. The molecule has 1 amide bonds. The molecular weight excluding hydrogens is 156 g/mol. The van der Waals surface area contributed by atoms with Crippen molar-refractivity contribution in [3.8, 4) is 6.07 Å². The Balaban J connectivity index is 2.67. The van der Waals surface area contributed by atoms with E-state index in [9.17, 15) is 4.79 Å². The maximum atomic E-state index is 11.3. The molecule has 12 heavy (non-hydrogen) atoms. The van der Waals surface area contributed by atoms with Gasteiger partial charge in [0.2, 0.25) is 0 Å². The molecule has 0 aliphatic heterocycles. The number of nitrogens with zero attached hydrogens (tertiary/aromatic N) is 3. The fourth-order valence-corrected chi connectivity index (χ4v) is 0.758. The van der Waals surface area contributed by atoms with Crippen molar-refractivity contribution in [2.45, 2.75) is 0 Å². The van der Waals surface area contributed by atoms with E-state index in [2.05, 4.69) is 10.2 Å². The number of H-pyrrole nitrogens is 1. The summed E-state index contributed by atoms with van der Waals surface area (Å²) in [5, 5.41) is 14.5. The van der Waals surface area contributed by atoms with Gasteiger partial charge in [-0.3, -0.25) is 9.89 Å². The Bertz CT molecular complexity index is 298. The molecular formula is C7H8N4O. The van der Waals surface area contributed by atoms with Gasteiger partial charge < -0.3 is 4.90 Å². The lowest BCUT2D eigenvalue weighted by atomic mass is 10.4. The number of hydrogen-bond donors (Lipinski definition) is 1. The number of carbonyl (C=O) groups is 1. The molecule has 62 valence electrons. The van der Waals surface area contributed by atoms with Crippen molar-refractivity contribution in [1.29, 1.82) is 5.26 Å². The summed E-state index contributed by atoms with van der Waals surface area (Å²) >= 11 is 0. The van der Waals surface area contributed by atoms with E-state index in [1.54, 1.807) is 13.1 Å². The summed E-state index contributed by atoms with van der Waals surface area (Å²) in [5.41, 5.74) is 0.396. The van der Waals surface area contributed by atoms with Crippen molar-refractivity contribution in [2.75, 3.05) is 13.6 Å². The molecule has 1 heterocycles. The fourth-order valence-electron chi connectivity index (χ4n) is 0.758. The Morgan fingerprint density at radius 2 is 2.67 bits per heavy atom. The van der Waals surface area contributed by atoms with Crippen LogP contribution in [0, 0.1) is 11.3 Å². The SMILES string of the molecule is CN(CC#N)C(=O)c1ccn[nH]1. The van der Waals surface area contributed by atoms with Gasteiger partial charge in [0.1, 0.15) is 12.2 Å². The molecule has 0 spiro atoms. The van der Waals surface area contributed by atoms with E-state index >= 15 is 0 Å². The van der Waals surface area contributed by atoms with Gasteiger partial charge in [-0.25, -0.2) is 0 Å². The summed E-state index contributed by atoms with van der Waals surface area (Å²) in [4.78, 5) is 12.6. The van der Waals surface area contributed by atoms with Crippen LogP contribution in [0.5, 0.6) is 0 Å². The first-order chi connectivity index (χ1) is 5.75. The van der Waals surface area contributed by atoms with Gasteiger partial charge in [-0.15, -0.1) is 0 Å². The third kappa shape index (κ3) is 1.61. The maximum Gasteiger partial charge on any atom is 0.272 e. The minimum Gasteiger partial charge on any atom is -0.327 e. The topological polar surface area (TPSA) is 72.8 Å². The van der Waals surface area contributed by atoms with Gasteiger partial charge in [0.25, 0.3) is 5.91 Å². The highest BCUT2D eigenvalue weighted by Gasteiger charge is 2.11. The number of aromatic nitrogens is 2. The number of nitrogens with one attached hydrogen (secondary N) is 1. The standard InChI is InChI=1S/C7H8N4O/c1-11(5-3-8)7(12)6-2-4-9-10-6/h2,4H,5H2,1H3,(H,9,10). The Kier molecular flexibility index (Phi) is 2.43. The lowest BCUT2D eigenvalue weighted by Crippen LogP contribution is -2.27. The van der Waals surface area contributed by atoms with Crippen LogP contribution in [0.15, 0.2) is 12.3 Å². The van der Waals surface area contributed by atoms with Crippen LogP contribution < -0.4 is 0 Å². The zero-order valence-electron chi connectivity index (χ0n) is 6.61. The van der Waals surface area contributed by atoms with Crippen molar-refractivity contribution >= 4 is 5.91 Å². The summed E-state index contributed by atoms with van der Waals surface area (Å²) in [7, 11) is 1.56. The van der Waals surface area contributed by atoms with E-state index in [1.807, 2.05) is 6.07 Å². The van der Waals surface area contributed by atoms with Crippen LogP contribution in [-0.2, 0) is 0 Å². The lowest BCUT2D eigenvalue weighted by Gasteiger charge is -2.10. The minimum atomic E-state index is -0.228. The molecule has 0 aliphatic rings. The lowest BCUT2D eigenvalue weighted by molar-refractivity contribution is 0.0806. The molecule has 1 aromatic rings. The van der Waals surface area contributed by atoms with Crippen LogP contribution in [0.25, 0.3) is 0 Å². The second-order valence-corrected chi connectivity index (χ2v) is 2.29. The molecule has 1 aromatic heterocycles. The largest absolute Gasteiger partial charge is 0.327 e. The van der Waals surface area contributed by atoms with Crippen LogP contribution in [0.1, 0.15) is 10.5 Å². The maximum absolute atomic E-state index is 11.3. The van der Waals surface area contributed by atoms with E-state index in [1.165, 1.54) is 11.1 Å². The smallest absolute Gasteiger partial charge is 0.272 e. The highest BCUT2D eigenvalue weighted by Crippen LogP contribution is 1.96. The quantitative estimate of drug-likeness (QED) is 0.625. The van der Waals surface area contributed by atoms with Gasteiger partial charge in [-0.05, 0) is 6.07 Å². The number of amides is 1. The van der Waals surface area contributed by atoms with Gasteiger partial charge in [-0.1, -0.05) is 0 Å². The molecule has 1 rings (SSSR count). The van der Waals surface area contributed by atoms with Crippen LogP contribution in [0.3, 0.4) is 0 Å². The van der Waals surface area contributed by atoms with Crippen molar-refractivity contribution in [3.63, 3.8) is 0 Å². The molecule has 1 N–H and O–H groups in total. The normalized spacial score (nSPS) is 9.00. The third-order valence-corrected chi connectivity index (χ3v) is 1.39. The molecule has 0 unspecified atom stereocenters. The molecule has 5 nitrogen and oxygen atoms in total. The van der Waals surface area contributed by atoms with Crippen molar-refractivity contribution < 1.29 is 4.79 Å². The number of nitriles is 1. The first-order valence-electron chi connectivity index (χ1n) is 3.37. The summed E-state index contributed by atoms with van der Waals surface area (Å²) < 4.78 is 0. The number of rotatable bonds is 2. The molecule has 0 atom stereocenters. The average Bonchev–Trinajstić information content (AvgIpc) is 2.55. The Morgan fingerprint density at radius 1 is 1.92 bits per heavy atom. The first-order valence-corrected chi connectivity index (χ1v) is 3.37. The Labute approximate surface area is 69.6 Å². The molecule has 0 radical (unpaired) electrons. The molecule has 0 bridgehead atoms. The predicted octanol–water partition coefficient (Wildman–Crippen LogP) is 0.00528. The summed E-state index contributed by atoms with van der Waals surface area (Å²) in [6, 6.07) is 3.45. The monoisotopic (exact) mass is 164 g/mol. The van der Waals surface area contributed by atoms with E-state index < -0.39 is 0 Å². The Morgan fingerprint density at radius 3 is 3.17 bits per heavy atom. The molecule has 5 heteroatoms. The van der Waals surface area contributed by atoms with E-state index in [0.29, 0.717) is 5.69 Å². The van der Waals surface area contributed by atoms with Crippen LogP contribution >= 0.6 is 0 Å². The molecule has 0 saturated carbocycles. The predicted molar refractivity (Wildman–Crippen MR) is 41.2 cm³/mol. The van der Waals surface area contributed by atoms with Crippen LogP contribution in [-0.4, -0.2) is 34.6 Å². The number of aromatic amines is 1. The van der Waals surface area contributed by atoms with Crippen molar-refractivity contribution in [2.24, 2.45) is 0 Å². The van der Waals surface area contributed by atoms with Crippen LogP contribution in [0.2, 0.25) is 0 Å². The van der Waals surface area contributed by atoms with Gasteiger partial charge in [0.05, 0.1) is 6.07 Å². The zero-order valence-corrected chi connectivity index (χ0v) is 6.61. The highest BCUT2D eigenvalue weighted by atomic mass is 16.2. The number of hydrogen-bond acceptors (Lipinski definition) is 3. The van der Waals surface area contributed by atoms with Gasteiger partial charge >= 0.3 is 0 Å². The molecule has 0 aromatic carbocycles. The van der Waals surface area contributed by atoms with Crippen LogP contribution in [0.4, 0.5) is 0 Å². The summed E-state index contributed by atoms with van der Waals surface area (Å²) in [5.74, 6) is -0.228. The average molecular weight is 164 g/mol. The number of carbonyl (C=O) groups excluding carboxylic acids is 1. The van der Waals surface area contributed by atoms with Gasteiger partial charge in [0, 0.05) is 13.2 Å². The first kappa shape index (κ1) is 8.27. The summed E-state index contributed by atoms with van der Waals surface area (Å²) in [6.07, 6.45) is 1.49. The van der Waals surface area contributed by atoms with E-state index in [-0.39, 0.29) is 12.5 Å². The van der Waals surface area contributed by atoms with E-state index in [4.69, 9.17) is 5.26 Å². The van der Waals surface area contributed by atoms with E-state index in [0.717, 1.165) is 0 Å². The highest BCUT2D eigenvalue weighted by molar-refractivity contribution is 5.92. The fraction of sp³-hybridized carbons (Fsp3) is 0.286. The van der Waals surface area contributed by atoms with Crippen molar-refractivity contribution in [1.82, 2.24) is 15.1 Å². The summed E-state index contributed by atoms with van der Waals surface area (Å²) in [6.45, 7) is 0.0812. The molecule has 0 saturated heterocycles. The molecule has 0 fully saturated rings. The van der Waals surface area contributed by atoms with Gasteiger partial charge in [0.15, 0.2) is 0 Å². The zero-order chi connectivity index (χ0) is 8.97.